The average molecular weight is 350 g/mol. The number of aromatic nitrogens is 1. The second-order valence-corrected chi connectivity index (χ2v) is 6.79. The Morgan fingerprint density at radius 2 is 2.18 bits per heavy atom. The summed E-state index contributed by atoms with van der Waals surface area (Å²) in [6.07, 6.45) is 0. The number of ketones is 1. The van der Waals surface area contributed by atoms with E-state index in [2.05, 4.69) is 4.98 Å². The number of carbonyl (C=O) groups is 1. The zero-order valence-electron chi connectivity index (χ0n) is 11.7. The second kappa shape index (κ2) is 7.54. The zero-order chi connectivity index (χ0) is 16.1. The number of nitriles is 1. The van der Waals surface area contributed by atoms with Crippen LogP contribution in [0.1, 0.15) is 12.6 Å². The van der Waals surface area contributed by atoms with Crippen LogP contribution in [0, 0.1) is 22.7 Å². The Morgan fingerprint density at radius 3 is 2.77 bits per heavy atom. The van der Waals surface area contributed by atoms with E-state index < -0.39 is 5.92 Å². The smallest absolute Gasteiger partial charge is 0.153 e. The van der Waals surface area contributed by atoms with Crippen LogP contribution in [-0.4, -0.2) is 15.8 Å². The molecule has 1 atom stereocenters. The van der Waals surface area contributed by atoms with Gasteiger partial charge in [0.15, 0.2) is 11.7 Å². The van der Waals surface area contributed by atoms with Crippen LogP contribution in [0.2, 0.25) is 5.02 Å². The number of nitrogens with one attached hydrogen (secondary N) is 1. The molecular weight excluding hydrogens is 338 g/mol. The van der Waals surface area contributed by atoms with Gasteiger partial charge in [0, 0.05) is 21.7 Å². The van der Waals surface area contributed by atoms with Gasteiger partial charge in [0.2, 0.25) is 0 Å². The molecule has 0 radical (unpaired) electrons. The summed E-state index contributed by atoms with van der Waals surface area (Å²) in [7, 11) is 0. The van der Waals surface area contributed by atoms with Gasteiger partial charge in [-0.3, -0.25) is 10.2 Å². The Bertz CT molecular complexity index is 734. The Labute approximate surface area is 141 Å². The van der Waals surface area contributed by atoms with Crippen LogP contribution < -0.4 is 0 Å². The molecule has 0 aliphatic rings. The van der Waals surface area contributed by atoms with Gasteiger partial charge in [-0.05, 0) is 19.1 Å². The molecule has 1 aromatic carbocycles. The predicted octanol–water partition coefficient (Wildman–Crippen LogP) is 4.40. The van der Waals surface area contributed by atoms with Crippen molar-refractivity contribution < 1.29 is 4.79 Å². The summed E-state index contributed by atoms with van der Waals surface area (Å²) < 4.78 is 0. The second-order valence-electron chi connectivity index (χ2n) is 4.48. The lowest BCUT2D eigenvalue weighted by atomic mass is 10.1. The summed E-state index contributed by atoms with van der Waals surface area (Å²) in [4.78, 5) is 15.7. The van der Waals surface area contributed by atoms with Gasteiger partial charge in [0.1, 0.15) is 5.01 Å². The van der Waals surface area contributed by atoms with E-state index in [1.807, 2.05) is 35.7 Å². The van der Waals surface area contributed by atoms with Crippen LogP contribution in [0.3, 0.4) is 0 Å². The minimum Gasteiger partial charge on any atom is -0.298 e. The normalized spacial score (nSPS) is 11.7. The van der Waals surface area contributed by atoms with Gasteiger partial charge in [-0.25, -0.2) is 4.98 Å². The van der Waals surface area contributed by atoms with E-state index in [0.717, 1.165) is 28.0 Å². The first-order valence-corrected chi connectivity index (χ1v) is 8.57. The van der Waals surface area contributed by atoms with Gasteiger partial charge in [-0.15, -0.1) is 23.1 Å². The molecule has 0 fully saturated rings. The molecule has 0 aliphatic carbocycles. The van der Waals surface area contributed by atoms with Crippen molar-refractivity contribution in [1.82, 2.24) is 4.98 Å². The third kappa shape index (κ3) is 4.17. The molecule has 0 saturated carbocycles. The highest BCUT2D eigenvalue weighted by atomic mass is 35.5. The Hall–Kier alpha value is -1.68. The molecule has 0 bridgehead atoms. The number of carbonyl (C=O) groups excluding carboxylic acids is 1. The lowest BCUT2D eigenvalue weighted by Crippen LogP contribution is -2.16. The monoisotopic (exact) mass is 349 g/mol. The molecule has 0 aliphatic heterocycles. The fourth-order valence-electron chi connectivity index (χ4n) is 1.67. The van der Waals surface area contributed by atoms with E-state index >= 15 is 0 Å². The van der Waals surface area contributed by atoms with Crippen LogP contribution in [0.5, 0.6) is 0 Å². The number of halogens is 1. The van der Waals surface area contributed by atoms with E-state index in [0.29, 0.717) is 10.8 Å². The molecule has 1 aromatic heterocycles. The molecule has 0 unspecified atom stereocenters. The summed E-state index contributed by atoms with van der Waals surface area (Å²) in [5.41, 5.74) is 1.81. The molecule has 2 rings (SSSR count). The van der Waals surface area contributed by atoms with Gasteiger partial charge in [-0.2, -0.15) is 5.26 Å². The van der Waals surface area contributed by atoms with Crippen LogP contribution in [0.25, 0.3) is 10.6 Å². The van der Waals surface area contributed by atoms with Gasteiger partial charge in [0.05, 0.1) is 16.8 Å². The first-order chi connectivity index (χ1) is 10.5. The minimum atomic E-state index is -0.973. The topological polar surface area (TPSA) is 77.6 Å². The molecule has 0 spiro atoms. The van der Waals surface area contributed by atoms with E-state index in [-0.39, 0.29) is 10.8 Å². The Kier molecular flexibility index (Phi) is 5.72. The number of hydrogen-bond acceptors (Lipinski definition) is 6. The van der Waals surface area contributed by atoms with Crippen molar-refractivity contribution in [3.8, 4) is 16.6 Å². The number of thioether (sulfide) groups is 1. The van der Waals surface area contributed by atoms with Crippen LogP contribution in [0.15, 0.2) is 29.6 Å². The highest BCUT2D eigenvalue weighted by Gasteiger charge is 2.19. The maximum atomic E-state index is 11.2. The Morgan fingerprint density at radius 1 is 1.50 bits per heavy atom. The molecule has 4 nitrogen and oxygen atoms in total. The maximum Gasteiger partial charge on any atom is 0.153 e. The molecule has 1 N–H and O–H groups in total. The number of hydrogen-bond donors (Lipinski definition) is 1. The fourth-order valence-corrected chi connectivity index (χ4v) is 3.56. The highest BCUT2D eigenvalue weighted by molar-refractivity contribution is 8.13. The van der Waals surface area contributed by atoms with Crippen molar-refractivity contribution in [2.45, 2.75) is 12.7 Å². The number of Topliss-reactive ketones (excluding diaryl/α,β-unsaturated/α-hetero) is 1. The number of thiazole rings is 1. The number of nitrogens with zero attached hydrogens (tertiary/aromatic N) is 2. The van der Waals surface area contributed by atoms with Crippen molar-refractivity contribution in [3.63, 3.8) is 0 Å². The first-order valence-electron chi connectivity index (χ1n) is 6.33. The zero-order valence-corrected chi connectivity index (χ0v) is 14.1. The molecule has 22 heavy (non-hydrogen) atoms. The summed E-state index contributed by atoms with van der Waals surface area (Å²) in [6.45, 7) is 1.32. The third-order valence-electron chi connectivity index (χ3n) is 2.82. The summed E-state index contributed by atoms with van der Waals surface area (Å²) in [5.74, 6) is -0.812. The van der Waals surface area contributed by atoms with E-state index in [1.54, 1.807) is 0 Å². The lowest BCUT2D eigenvalue weighted by molar-refractivity contribution is -0.117. The molecule has 112 valence electrons. The predicted molar refractivity (Wildman–Crippen MR) is 91.4 cm³/mol. The number of benzene rings is 1. The van der Waals surface area contributed by atoms with E-state index in [4.69, 9.17) is 22.3 Å². The van der Waals surface area contributed by atoms with Gasteiger partial charge < -0.3 is 0 Å². The van der Waals surface area contributed by atoms with E-state index in [9.17, 15) is 4.79 Å². The quantitative estimate of drug-likeness (QED) is 0.641. The van der Waals surface area contributed by atoms with Crippen molar-refractivity contribution in [3.05, 3.63) is 40.4 Å². The van der Waals surface area contributed by atoms with Crippen molar-refractivity contribution in [2.75, 3.05) is 0 Å². The van der Waals surface area contributed by atoms with Crippen LogP contribution >= 0.6 is 34.7 Å². The van der Waals surface area contributed by atoms with Crippen molar-refractivity contribution in [1.29, 1.82) is 10.7 Å². The van der Waals surface area contributed by atoms with Gasteiger partial charge in [-0.1, -0.05) is 23.7 Å². The number of rotatable bonds is 5. The summed E-state index contributed by atoms with van der Waals surface area (Å²) in [5, 5.41) is 20.2. The average Bonchev–Trinajstić information content (AvgIpc) is 2.95. The summed E-state index contributed by atoms with van der Waals surface area (Å²) >= 11 is 8.54. The molecule has 7 heteroatoms. The van der Waals surface area contributed by atoms with Crippen molar-refractivity contribution >= 4 is 45.5 Å². The van der Waals surface area contributed by atoms with Crippen molar-refractivity contribution in [2.24, 2.45) is 5.92 Å². The summed E-state index contributed by atoms with van der Waals surface area (Å²) in [6, 6.07) is 9.28. The Balaban J connectivity index is 2.01. The van der Waals surface area contributed by atoms with Crippen LogP contribution in [-0.2, 0) is 10.5 Å². The minimum absolute atomic E-state index is 0.0658. The van der Waals surface area contributed by atoms with Gasteiger partial charge >= 0.3 is 0 Å². The standard InChI is InChI=1S/C15H12ClN3OS2/c1-9(20)13(6-17)14(18)21-7-12-8-22-15(19-12)10-2-4-11(16)5-3-10/h2-5,8,13,18H,7H2,1H3/t13-/m0/s1. The molecule has 1 heterocycles. The third-order valence-corrected chi connectivity index (χ3v) is 5.00. The molecule has 0 saturated heterocycles. The first kappa shape index (κ1) is 16.7. The largest absolute Gasteiger partial charge is 0.298 e. The van der Waals surface area contributed by atoms with E-state index in [1.165, 1.54) is 18.3 Å². The molecule has 0 amide bonds. The van der Waals surface area contributed by atoms with Crippen LogP contribution in [0.4, 0.5) is 0 Å². The maximum absolute atomic E-state index is 11.2. The molecular formula is C15H12ClN3OS2. The highest BCUT2D eigenvalue weighted by Crippen LogP contribution is 2.27. The van der Waals surface area contributed by atoms with Gasteiger partial charge in [0.25, 0.3) is 0 Å². The molecule has 2 aromatic rings. The fraction of sp³-hybridized carbons (Fsp3) is 0.200. The SMILES string of the molecule is CC(=O)[C@H](C#N)C(=N)SCc1csc(-c2ccc(Cl)cc2)n1. The lowest BCUT2D eigenvalue weighted by Gasteiger charge is -2.05.